The molecule has 1 atom stereocenters. The molecule has 6 nitrogen and oxygen atoms in total. The fourth-order valence-corrected chi connectivity index (χ4v) is 3.45. The third-order valence-corrected chi connectivity index (χ3v) is 5.36. The first-order valence-corrected chi connectivity index (χ1v) is 10.9. The molecule has 0 N–H and O–H groups in total. The van der Waals surface area contributed by atoms with Crippen molar-refractivity contribution in [2.24, 2.45) is 0 Å². The zero-order valence-electron chi connectivity index (χ0n) is 18.5. The number of halogens is 3. The van der Waals surface area contributed by atoms with E-state index in [1.54, 1.807) is 52.0 Å². The van der Waals surface area contributed by atoms with Gasteiger partial charge in [-0.2, -0.15) is 21.6 Å². The third-order valence-electron chi connectivity index (χ3n) is 4.40. The molecule has 0 aromatic heterocycles. The number of methoxy groups -OCH3 is 1. The lowest BCUT2D eigenvalue weighted by atomic mass is 9.90. The van der Waals surface area contributed by atoms with E-state index >= 15 is 0 Å². The summed E-state index contributed by atoms with van der Waals surface area (Å²) >= 11 is 0. The van der Waals surface area contributed by atoms with Crippen molar-refractivity contribution in [3.05, 3.63) is 53.1 Å². The Bertz CT molecular complexity index is 1080. The molecule has 0 saturated heterocycles. The van der Waals surface area contributed by atoms with Gasteiger partial charge in [-0.3, -0.25) is 0 Å². The molecule has 0 fully saturated rings. The molecule has 32 heavy (non-hydrogen) atoms. The van der Waals surface area contributed by atoms with Crippen LogP contribution < -0.4 is 4.18 Å². The monoisotopic (exact) mass is 474 g/mol. The molecule has 1 unspecified atom stereocenters. The van der Waals surface area contributed by atoms with Gasteiger partial charge in [0.05, 0.1) is 12.7 Å². The number of ether oxygens (including phenoxy) is 2. The minimum atomic E-state index is -5.96. The molecule has 0 amide bonds. The van der Waals surface area contributed by atoms with E-state index in [0.29, 0.717) is 11.1 Å². The first kappa shape index (κ1) is 25.7. The molecule has 10 heteroatoms. The number of benzene rings is 2. The van der Waals surface area contributed by atoms with Crippen molar-refractivity contribution in [3.63, 3.8) is 0 Å². The van der Waals surface area contributed by atoms with E-state index in [9.17, 15) is 26.4 Å². The maximum Gasteiger partial charge on any atom is 0.534 e. The molecule has 0 aliphatic heterocycles. The van der Waals surface area contributed by atoms with Crippen LogP contribution in [0.2, 0.25) is 0 Å². The van der Waals surface area contributed by atoms with Crippen molar-refractivity contribution >= 4 is 16.1 Å². The number of hydrogen-bond donors (Lipinski definition) is 0. The van der Waals surface area contributed by atoms with E-state index in [1.807, 2.05) is 6.92 Å². The highest BCUT2D eigenvalue weighted by atomic mass is 32.2. The molecule has 2 aromatic carbocycles. The van der Waals surface area contributed by atoms with Crippen molar-refractivity contribution in [2.75, 3.05) is 7.11 Å². The molecule has 0 aliphatic rings. The molecule has 2 aromatic rings. The average molecular weight is 474 g/mol. The van der Waals surface area contributed by atoms with Crippen molar-refractivity contribution in [3.8, 4) is 16.9 Å². The summed E-state index contributed by atoms with van der Waals surface area (Å²) in [6.45, 7) is 8.51. The molecule has 2 rings (SSSR count). The Balaban J connectivity index is 2.88. The van der Waals surface area contributed by atoms with Crippen molar-refractivity contribution < 1.29 is 40.0 Å². The lowest BCUT2D eigenvalue weighted by Gasteiger charge is -2.29. The second-order valence-corrected chi connectivity index (χ2v) is 9.69. The van der Waals surface area contributed by atoms with Crippen LogP contribution in [0, 0.1) is 13.8 Å². The van der Waals surface area contributed by atoms with Gasteiger partial charge in [0.1, 0.15) is 0 Å². The van der Waals surface area contributed by atoms with Crippen LogP contribution in [0.4, 0.5) is 13.2 Å². The lowest BCUT2D eigenvalue weighted by Crippen LogP contribution is -2.30. The van der Waals surface area contributed by atoms with Gasteiger partial charge in [-0.05, 0) is 51.8 Å². The van der Waals surface area contributed by atoms with Gasteiger partial charge in [-0.15, -0.1) is 0 Å². The SMILES string of the molecule is COC(=O)C(OC(C)(C)C)c1c(C)ccc(OS(=O)(=O)C(F)(F)F)c1-c1ccc(C)cc1. The standard InChI is InChI=1S/C22H25F3O6S/c1-13-7-10-15(11-8-13)18-16(31-32(27,28)22(23,24)25)12-9-14(2)17(18)19(20(26)29-6)30-21(3,4)5/h7-12,19H,1-6H3. The van der Waals surface area contributed by atoms with Crippen LogP contribution in [-0.4, -0.2) is 32.6 Å². The molecule has 0 heterocycles. The van der Waals surface area contributed by atoms with Crippen LogP contribution in [0.25, 0.3) is 11.1 Å². The van der Waals surface area contributed by atoms with Gasteiger partial charge in [0.15, 0.2) is 11.9 Å². The first-order valence-electron chi connectivity index (χ1n) is 9.54. The van der Waals surface area contributed by atoms with Crippen LogP contribution in [0.1, 0.15) is 43.6 Å². The molecule has 0 saturated carbocycles. The molecule has 0 aliphatic carbocycles. The Morgan fingerprint density at radius 2 is 1.53 bits per heavy atom. The first-order chi connectivity index (χ1) is 14.6. The van der Waals surface area contributed by atoms with Crippen LogP contribution in [0.5, 0.6) is 5.75 Å². The fourth-order valence-electron chi connectivity index (χ4n) is 2.98. The third kappa shape index (κ3) is 5.80. The van der Waals surface area contributed by atoms with Crippen LogP contribution >= 0.6 is 0 Å². The van der Waals surface area contributed by atoms with E-state index in [0.717, 1.165) is 18.7 Å². The topological polar surface area (TPSA) is 78.9 Å². The van der Waals surface area contributed by atoms with E-state index in [4.69, 9.17) is 9.47 Å². The molecule has 0 spiro atoms. The second-order valence-electron chi connectivity index (χ2n) is 8.15. The number of hydrogen-bond acceptors (Lipinski definition) is 6. The largest absolute Gasteiger partial charge is 0.534 e. The van der Waals surface area contributed by atoms with Crippen LogP contribution in [0.3, 0.4) is 0 Å². The predicted molar refractivity (Wildman–Crippen MR) is 113 cm³/mol. The molecule has 0 radical (unpaired) electrons. The number of carbonyl (C=O) groups is 1. The van der Waals surface area contributed by atoms with Crippen molar-refractivity contribution in [2.45, 2.75) is 51.8 Å². The van der Waals surface area contributed by atoms with Gasteiger partial charge in [0, 0.05) is 11.1 Å². The predicted octanol–water partition coefficient (Wildman–Crippen LogP) is 5.23. The van der Waals surface area contributed by atoms with Crippen molar-refractivity contribution in [1.82, 2.24) is 0 Å². The Morgan fingerprint density at radius 1 is 0.969 bits per heavy atom. The highest BCUT2D eigenvalue weighted by Crippen LogP contribution is 2.43. The van der Waals surface area contributed by atoms with Gasteiger partial charge >= 0.3 is 21.6 Å². The minimum absolute atomic E-state index is 0.0162. The van der Waals surface area contributed by atoms with Gasteiger partial charge in [-0.1, -0.05) is 35.9 Å². The van der Waals surface area contributed by atoms with Gasteiger partial charge < -0.3 is 13.7 Å². The summed E-state index contributed by atoms with van der Waals surface area (Å²) in [7, 11) is -4.81. The molecular formula is C22H25F3O6S. The zero-order valence-corrected chi connectivity index (χ0v) is 19.3. The summed E-state index contributed by atoms with van der Waals surface area (Å²) in [6.07, 6.45) is -1.35. The van der Waals surface area contributed by atoms with E-state index < -0.39 is 39.1 Å². The lowest BCUT2D eigenvalue weighted by molar-refractivity contribution is -0.164. The average Bonchev–Trinajstić information content (AvgIpc) is 2.66. The van der Waals surface area contributed by atoms with E-state index in [1.165, 1.54) is 6.07 Å². The minimum Gasteiger partial charge on any atom is -0.467 e. The van der Waals surface area contributed by atoms with Crippen molar-refractivity contribution in [1.29, 1.82) is 0 Å². The number of esters is 1. The number of carbonyl (C=O) groups excluding carboxylic acids is 1. The maximum atomic E-state index is 13.0. The highest BCUT2D eigenvalue weighted by molar-refractivity contribution is 7.88. The number of aryl methyl sites for hydroxylation is 2. The van der Waals surface area contributed by atoms with Gasteiger partial charge in [0.25, 0.3) is 0 Å². The molecular weight excluding hydrogens is 449 g/mol. The van der Waals surface area contributed by atoms with Gasteiger partial charge in [0.2, 0.25) is 0 Å². The Morgan fingerprint density at radius 3 is 2.00 bits per heavy atom. The Labute approximate surface area is 185 Å². The summed E-state index contributed by atoms with van der Waals surface area (Å²) in [6, 6.07) is 9.04. The Kier molecular flexibility index (Phi) is 7.31. The summed E-state index contributed by atoms with van der Waals surface area (Å²) in [5.41, 5.74) is -4.67. The van der Waals surface area contributed by atoms with E-state index in [2.05, 4.69) is 4.18 Å². The smallest absolute Gasteiger partial charge is 0.467 e. The quantitative estimate of drug-likeness (QED) is 0.324. The normalized spacial score (nSPS) is 13.5. The summed E-state index contributed by atoms with van der Waals surface area (Å²) in [4.78, 5) is 12.6. The molecule has 176 valence electrons. The Hall–Kier alpha value is -2.59. The highest BCUT2D eigenvalue weighted by Gasteiger charge is 2.49. The second kappa shape index (κ2) is 9.11. The summed E-state index contributed by atoms with van der Waals surface area (Å²) in [5, 5.41) is 0. The number of alkyl halides is 3. The fraction of sp³-hybridized carbons (Fsp3) is 0.409. The maximum absolute atomic E-state index is 13.0. The van der Waals surface area contributed by atoms with Crippen LogP contribution in [-0.2, 0) is 24.4 Å². The number of rotatable bonds is 6. The molecule has 0 bridgehead atoms. The van der Waals surface area contributed by atoms with Gasteiger partial charge in [-0.25, -0.2) is 4.79 Å². The van der Waals surface area contributed by atoms with Crippen LogP contribution in [0.15, 0.2) is 36.4 Å². The zero-order chi connectivity index (χ0) is 24.5. The van der Waals surface area contributed by atoms with E-state index in [-0.39, 0.29) is 11.1 Å². The summed E-state index contributed by atoms with van der Waals surface area (Å²) in [5.74, 6) is -1.38. The summed E-state index contributed by atoms with van der Waals surface area (Å²) < 4.78 is 77.9.